The van der Waals surface area contributed by atoms with Crippen LogP contribution in [-0.4, -0.2) is 40.6 Å². The summed E-state index contributed by atoms with van der Waals surface area (Å²) >= 11 is 0. The molecule has 0 unspecified atom stereocenters. The van der Waals surface area contributed by atoms with Crippen LogP contribution in [-0.2, 0) is 4.79 Å². The highest BCUT2D eigenvalue weighted by Gasteiger charge is 2.41. The van der Waals surface area contributed by atoms with Crippen LogP contribution in [0.2, 0.25) is 0 Å². The van der Waals surface area contributed by atoms with Gasteiger partial charge in [-0.05, 0) is 38.0 Å². The molecule has 2 amide bonds. The van der Waals surface area contributed by atoms with E-state index in [4.69, 9.17) is 11.5 Å². The second kappa shape index (κ2) is 5.52. The molecule has 0 bridgehead atoms. The Labute approximate surface area is 113 Å². The fourth-order valence-electron chi connectivity index (χ4n) is 2.49. The van der Waals surface area contributed by atoms with Crippen molar-refractivity contribution >= 4 is 12.0 Å². The fraction of sp³-hybridized carbons (Fsp3) is 0.714. The van der Waals surface area contributed by atoms with Gasteiger partial charge in [-0.25, -0.2) is 4.79 Å². The number of carboxylic acids is 1. The number of hydrogen-bond acceptors (Lipinski definition) is 2. The Kier molecular flexibility index (Phi) is 3.98. The van der Waals surface area contributed by atoms with Crippen LogP contribution >= 0.6 is 0 Å². The van der Waals surface area contributed by atoms with E-state index in [0.29, 0.717) is 12.5 Å². The third-order valence-corrected chi connectivity index (χ3v) is 3.92. The molecule has 0 saturated heterocycles. The van der Waals surface area contributed by atoms with Crippen LogP contribution in [0.25, 0.3) is 0 Å². The summed E-state index contributed by atoms with van der Waals surface area (Å²) in [5.41, 5.74) is -0.556. The number of carbonyl (C=O) groups is 2. The van der Waals surface area contributed by atoms with E-state index < -0.39 is 11.5 Å². The fourth-order valence-corrected chi connectivity index (χ4v) is 2.49. The number of carbonyl (C=O) groups excluding carboxylic acids is 1. The van der Waals surface area contributed by atoms with Gasteiger partial charge in [0, 0.05) is 6.54 Å². The standard InChI is InChI=1S/C14H20N2O3/c1-2-8-16(10-11-4-5-11)13(19)15-14(6-3-7-14)9-12(17)18/h1,11H,3-10H2,(H,15,19)(H,17,18). The number of aliphatic carboxylic acids is 1. The van der Waals surface area contributed by atoms with Crippen molar-refractivity contribution < 1.29 is 14.7 Å². The SMILES string of the molecule is C#CCN(CC1CC1)C(=O)NC1(CC(=O)O)CCC1. The van der Waals surface area contributed by atoms with Gasteiger partial charge in [0.05, 0.1) is 18.5 Å². The molecule has 5 nitrogen and oxygen atoms in total. The molecule has 2 rings (SSSR count). The monoisotopic (exact) mass is 264 g/mol. The average molecular weight is 264 g/mol. The molecular formula is C14H20N2O3. The predicted molar refractivity (Wildman–Crippen MR) is 70.5 cm³/mol. The van der Waals surface area contributed by atoms with Crippen LogP contribution in [0.3, 0.4) is 0 Å². The smallest absolute Gasteiger partial charge is 0.318 e. The van der Waals surface area contributed by atoms with Crippen molar-refractivity contribution in [3.05, 3.63) is 0 Å². The summed E-state index contributed by atoms with van der Waals surface area (Å²) in [7, 11) is 0. The first-order chi connectivity index (χ1) is 9.04. The largest absolute Gasteiger partial charge is 0.481 e. The van der Waals surface area contributed by atoms with E-state index in [1.165, 1.54) is 0 Å². The zero-order chi connectivity index (χ0) is 13.9. The number of nitrogens with one attached hydrogen (secondary N) is 1. The topological polar surface area (TPSA) is 69.6 Å². The number of urea groups is 1. The van der Waals surface area contributed by atoms with Crippen LogP contribution in [0.1, 0.15) is 38.5 Å². The molecular weight excluding hydrogens is 244 g/mol. The van der Waals surface area contributed by atoms with Crippen molar-refractivity contribution in [3.63, 3.8) is 0 Å². The van der Waals surface area contributed by atoms with Gasteiger partial charge in [-0.15, -0.1) is 6.42 Å². The molecule has 104 valence electrons. The minimum Gasteiger partial charge on any atom is -0.481 e. The van der Waals surface area contributed by atoms with Crippen LogP contribution in [0.5, 0.6) is 0 Å². The Balaban J connectivity index is 1.92. The lowest BCUT2D eigenvalue weighted by Gasteiger charge is -2.42. The van der Waals surface area contributed by atoms with Crippen LogP contribution < -0.4 is 5.32 Å². The number of amides is 2. The summed E-state index contributed by atoms with van der Waals surface area (Å²) in [6.07, 6.45) is 10.0. The van der Waals surface area contributed by atoms with E-state index in [1.54, 1.807) is 4.90 Å². The average Bonchev–Trinajstić information content (AvgIpc) is 3.08. The second-order valence-electron chi connectivity index (χ2n) is 5.66. The highest BCUT2D eigenvalue weighted by Crippen LogP contribution is 2.35. The summed E-state index contributed by atoms with van der Waals surface area (Å²) in [6.45, 7) is 0.963. The van der Waals surface area contributed by atoms with Gasteiger partial charge in [-0.2, -0.15) is 0 Å². The molecule has 2 N–H and O–H groups in total. The maximum atomic E-state index is 12.2. The van der Waals surface area contributed by atoms with Crippen molar-refractivity contribution in [3.8, 4) is 12.3 Å². The van der Waals surface area contributed by atoms with Gasteiger partial charge in [0.15, 0.2) is 0 Å². The zero-order valence-corrected chi connectivity index (χ0v) is 11.0. The minimum atomic E-state index is -0.870. The third-order valence-electron chi connectivity index (χ3n) is 3.92. The lowest BCUT2D eigenvalue weighted by Crippen LogP contribution is -2.58. The van der Waals surface area contributed by atoms with Gasteiger partial charge in [0.25, 0.3) is 0 Å². The Morgan fingerprint density at radius 3 is 2.53 bits per heavy atom. The Bertz CT molecular complexity index is 405. The molecule has 0 spiro atoms. The summed E-state index contributed by atoms with van der Waals surface area (Å²) in [4.78, 5) is 24.7. The van der Waals surface area contributed by atoms with Crippen molar-refractivity contribution in [2.75, 3.05) is 13.1 Å². The molecule has 5 heteroatoms. The number of rotatable bonds is 6. The summed E-state index contributed by atoms with van der Waals surface area (Å²) in [5, 5.41) is 11.8. The highest BCUT2D eigenvalue weighted by atomic mass is 16.4. The van der Waals surface area contributed by atoms with E-state index in [2.05, 4.69) is 11.2 Å². The van der Waals surface area contributed by atoms with Crippen LogP contribution in [0.15, 0.2) is 0 Å². The van der Waals surface area contributed by atoms with Crippen LogP contribution in [0.4, 0.5) is 4.79 Å². The van der Waals surface area contributed by atoms with E-state index >= 15 is 0 Å². The number of terminal acetylenes is 1. The molecule has 0 atom stereocenters. The van der Waals surface area contributed by atoms with E-state index in [9.17, 15) is 9.59 Å². The first kappa shape index (κ1) is 13.7. The minimum absolute atomic E-state index is 0.00787. The summed E-state index contributed by atoms with van der Waals surface area (Å²) in [5.74, 6) is 2.19. The molecule has 2 aliphatic rings. The van der Waals surface area contributed by atoms with Crippen molar-refractivity contribution in [1.82, 2.24) is 10.2 Å². The van der Waals surface area contributed by atoms with Crippen molar-refractivity contribution in [1.29, 1.82) is 0 Å². The van der Waals surface area contributed by atoms with Gasteiger partial charge < -0.3 is 15.3 Å². The first-order valence-electron chi connectivity index (χ1n) is 6.77. The van der Waals surface area contributed by atoms with Crippen molar-refractivity contribution in [2.45, 2.75) is 44.1 Å². The van der Waals surface area contributed by atoms with E-state index in [-0.39, 0.29) is 19.0 Å². The maximum Gasteiger partial charge on any atom is 0.318 e. The molecule has 0 radical (unpaired) electrons. The summed E-state index contributed by atoms with van der Waals surface area (Å²) < 4.78 is 0. The molecule has 0 aliphatic heterocycles. The Morgan fingerprint density at radius 1 is 1.42 bits per heavy atom. The lowest BCUT2D eigenvalue weighted by atomic mass is 9.74. The molecule has 0 aromatic heterocycles. The molecule has 0 heterocycles. The zero-order valence-electron chi connectivity index (χ0n) is 11.0. The number of hydrogen-bond donors (Lipinski definition) is 2. The van der Waals surface area contributed by atoms with Gasteiger partial charge in [-0.1, -0.05) is 5.92 Å². The normalized spacial score (nSPS) is 19.9. The van der Waals surface area contributed by atoms with Gasteiger partial charge >= 0.3 is 12.0 Å². The molecule has 0 aromatic rings. The molecule has 2 fully saturated rings. The lowest BCUT2D eigenvalue weighted by molar-refractivity contribution is -0.139. The summed E-state index contributed by atoms with van der Waals surface area (Å²) in [6, 6.07) is -0.217. The molecule has 2 saturated carbocycles. The predicted octanol–water partition coefficient (Wildman–Crippen LogP) is 1.44. The van der Waals surface area contributed by atoms with E-state index in [0.717, 1.165) is 32.1 Å². The molecule has 19 heavy (non-hydrogen) atoms. The molecule has 2 aliphatic carbocycles. The van der Waals surface area contributed by atoms with Gasteiger partial charge in [0.1, 0.15) is 0 Å². The number of nitrogens with zero attached hydrogens (tertiary/aromatic N) is 1. The first-order valence-corrected chi connectivity index (χ1v) is 6.77. The second-order valence-corrected chi connectivity index (χ2v) is 5.66. The van der Waals surface area contributed by atoms with Crippen LogP contribution in [0, 0.1) is 18.3 Å². The number of carboxylic acid groups (broad SMARTS) is 1. The van der Waals surface area contributed by atoms with Crippen molar-refractivity contribution in [2.24, 2.45) is 5.92 Å². The van der Waals surface area contributed by atoms with Gasteiger partial charge in [0.2, 0.25) is 0 Å². The van der Waals surface area contributed by atoms with E-state index in [1.807, 2.05) is 0 Å². The quantitative estimate of drug-likeness (QED) is 0.713. The molecule has 0 aromatic carbocycles. The third kappa shape index (κ3) is 3.63. The van der Waals surface area contributed by atoms with Gasteiger partial charge in [-0.3, -0.25) is 4.79 Å². The Morgan fingerprint density at radius 2 is 2.11 bits per heavy atom. The Hall–Kier alpha value is -1.70. The highest BCUT2D eigenvalue weighted by molar-refractivity contribution is 5.77. The maximum absolute atomic E-state index is 12.2.